The third-order valence-corrected chi connectivity index (χ3v) is 14.2. The SMILES string of the molecule is CC[C@@H](CON[C@@H](CCCCCC[C@H](NC(=O)[C@H](CC)NC)C(=O)N1CCC[C@H]1C(=O)N[C@@H]1CCCc2ccccc21)C(=O)N1CCC[C@H]1C(=O)N[C@@H]1CCCc2ccccc21)NC. The second-order valence-electron chi connectivity index (χ2n) is 18.4. The van der Waals surface area contributed by atoms with Gasteiger partial charge < -0.3 is 36.4 Å². The van der Waals surface area contributed by atoms with Gasteiger partial charge in [0.1, 0.15) is 24.2 Å². The zero-order valence-corrected chi connectivity index (χ0v) is 38.9. The average molecular weight is 885 g/mol. The first kappa shape index (κ1) is 49.1. The number of carbonyl (C=O) groups excluding carboxylic acids is 5. The fraction of sp³-hybridized carbons (Fsp3) is 0.660. The van der Waals surface area contributed by atoms with Crippen molar-refractivity contribution in [2.45, 2.75) is 178 Å². The summed E-state index contributed by atoms with van der Waals surface area (Å²) in [6.07, 6.45) is 13.9. The molecule has 352 valence electrons. The van der Waals surface area contributed by atoms with E-state index in [0.717, 1.165) is 82.6 Å². The molecule has 2 heterocycles. The van der Waals surface area contributed by atoms with Crippen molar-refractivity contribution >= 4 is 29.5 Å². The zero-order chi connectivity index (χ0) is 45.4. The Kier molecular flexibility index (Phi) is 19.0. The fourth-order valence-corrected chi connectivity index (χ4v) is 10.3. The van der Waals surface area contributed by atoms with Gasteiger partial charge in [0.05, 0.1) is 24.7 Å². The van der Waals surface area contributed by atoms with Crippen molar-refractivity contribution in [3.05, 3.63) is 70.8 Å². The highest BCUT2D eigenvalue weighted by molar-refractivity contribution is 5.94. The topological polar surface area (TPSA) is 173 Å². The van der Waals surface area contributed by atoms with Gasteiger partial charge in [-0.3, -0.25) is 28.8 Å². The van der Waals surface area contributed by atoms with E-state index in [-0.39, 0.29) is 47.7 Å². The summed E-state index contributed by atoms with van der Waals surface area (Å²) in [6.45, 7) is 5.39. The second-order valence-corrected chi connectivity index (χ2v) is 18.4. The largest absolute Gasteiger partial charge is 0.347 e. The molecule has 0 radical (unpaired) electrons. The molecule has 5 amide bonds. The molecular formula is C50H76N8O6. The highest BCUT2D eigenvalue weighted by Gasteiger charge is 2.40. The number of unbranched alkanes of at least 4 members (excludes halogenated alkanes) is 3. The van der Waals surface area contributed by atoms with Gasteiger partial charge in [-0.15, -0.1) is 0 Å². The molecule has 14 heteroatoms. The molecule has 0 saturated carbocycles. The van der Waals surface area contributed by atoms with Gasteiger partial charge in [0, 0.05) is 19.1 Å². The van der Waals surface area contributed by atoms with E-state index in [4.69, 9.17) is 4.84 Å². The lowest BCUT2D eigenvalue weighted by Crippen LogP contribution is -2.56. The molecule has 6 rings (SSSR count). The molecule has 2 saturated heterocycles. The Morgan fingerprint density at radius 3 is 1.64 bits per heavy atom. The maximum absolute atomic E-state index is 14.3. The summed E-state index contributed by atoms with van der Waals surface area (Å²) in [6, 6.07) is 13.6. The smallest absolute Gasteiger partial charge is 0.245 e. The van der Waals surface area contributed by atoms with E-state index < -0.39 is 30.2 Å². The highest BCUT2D eigenvalue weighted by Crippen LogP contribution is 2.32. The van der Waals surface area contributed by atoms with Crippen LogP contribution in [0.15, 0.2) is 48.5 Å². The maximum atomic E-state index is 14.3. The molecule has 2 fully saturated rings. The first-order valence-corrected chi connectivity index (χ1v) is 24.6. The van der Waals surface area contributed by atoms with Crippen molar-refractivity contribution in [1.82, 2.24) is 41.9 Å². The summed E-state index contributed by atoms with van der Waals surface area (Å²) in [5.74, 6) is -0.791. The predicted molar refractivity (Wildman–Crippen MR) is 249 cm³/mol. The van der Waals surface area contributed by atoms with Gasteiger partial charge in [-0.1, -0.05) is 88.1 Å². The molecule has 64 heavy (non-hydrogen) atoms. The molecule has 14 nitrogen and oxygen atoms in total. The number of nitrogens with one attached hydrogen (secondary N) is 6. The Bertz CT molecular complexity index is 1850. The molecule has 4 aliphatic rings. The van der Waals surface area contributed by atoms with Crippen molar-refractivity contribution in [3.8, 4) is 0 Å². The molecule has 8 atom stereocenters. The number of hydrogen-bond acceptors (Lipinski definition) is 9. The zero-order valence-electron chi connectivity index (χ0n) is 38.9. The Hall–Kier alpha value is -4.37. The molecule has 2 aliphatic heterocycles. The van der Waals surface area contributed by atoms with Crippen LogP contribution >= 0.6 is 0 Å². The molecular weight excluding hydrogens is 809 g/mol. The van der Waals surface area contributed by atoms with Crippen molar-refractivity contribution in [2.75, 3.05) is 33.8 Å². The van der Waals surface area contributed by atoms with Gasteiger partial charge in [0.15, 0.2) is 0 Å². The summed E-state index contributed by atoms with van der Waals surface area (Å²) >= 11 is 0. The predicted octanol–water partition coefficient (Wildman–Crippen LogP) is 5.07. The lowest BCUT2D eigenvalue weighted by Gasteiger charge is -2.32. The minimum atomic E-state index is -0.762. The van der Waals surface area contributed by atoms with E-state index in [1.807, 2.05) is 38.2 Å². The molecule has 0 spiro atoms. The molecule has 2 aromatic rings. The van der Waals surface area contributed by atoms with Crippen LogP contribution in [0.5, 0.6) is 0 Å². The van der Waals surface area contributed by atoms with E-state index >= 15 is 0 Å². The number of likely N-dealkylation sites (tertiary alicyclic amines) is 2. The highest BCUT2D eigenvalue weighted by atomic mass is 16.6. The monoisotopic (exact) mass is 885 g/mol. The first-order chi connectivity index (χ1) is 31.2. The Labute approximate surface area is 381 Å². The normalized spacial score (nSPS) is 22.4. The van der Waals surface area contributed by atoms with Gasteiger partial charge in [-0.2, -0.15) is 5.48 Å². The Morgan fingerprint density at radius 1 is 0.625 bits per heavy atom. The minimum absolute atomic E-state index is 0.0549. The quantitative estimate of drug-likeness (QED) is 0.0659. The van der Waals surface area contributed by atoms with Crippen LogP contribution in [0.2, 0.25) is 0 Å². The molecule has 2 aromatic carbocycles. The standard InChI is InChI=1S/C50H76N8O6/c1-5-36(51-3)33-64-56-43(50(63)58-32-18-30-45(58)48(61)54-41-28-16-22-35-20-12-14-24-38(35)41)26-10-8-7-9-25-42(55-46(59)39(6-2)52-4)49(62)57-31-17-29-44(57)47(60)53-40-27-15-21-34-19-11-13-23-37(34)40/h11-14,19-20,23-24,36,39-45,51-52,56H,5-10,15-18,21-22,25-33H2,1-4H3,(H,53,60)(H,54,61)(H,55,59)/t36-,39-,40+,41+,42-,43-,44-,45-/m0/s1. The lowest BCUT2D eigenvalue weighted by atomic mass is 9.87. The number of amides is 5. The van der Waals surface area contributed by atoms with Gasteiger partial charge in [-0.25, -0.2) is 0 Å². The van der Waals surface area contributed by atoms with Crippen LogP contribution in [0, 0.1) is 0 Å². The van der Waals surface area contributed by atoms with Crippen LogP contribution in [0.1, 0.15) is 151 Å². The second kappa shape index (κ2) is 24.8. The Morgan fingerprint density at radius 2 is 1.14 bits per heavy atom. The molecule has 2 aliphatic carbocycles. The number of fused-ring (bicyclic) bond motifs is 2. The van der Waals surface area contributed by atoms with Crippen molar-refractivity contribution in [3.63, 3.8) is 0 Å². The van der Waals surface area contributed by atoms with Crippen LogP contribution in [0.3, 0.4) is 0 Å². The third kappa shape index (κ3) is 12.7. The summed E-state index contributed by atoms with van der Waals surface area (Å²) < 4.78 is 0. The number of carbonyl (C=O) groups is 5. The number of aryl methyl sites for hydroxylation is 2. The number of hydroxylamine groups is 1. The number of benzene rings is 2. The van der Waals surface area contributed by atoms with Gasteiger partial charge >= 0.3 is 0 Å². The molecule has 6 N–H and O–H groups in total. The Balaban J connectivity index is 1.05. The van der Waals surface area contributed by atoms with Crippen LogP contribution in [-0.2, 0) is 41.7 Å². The summed E-state index contributed by atoms with van der Waals surface area (Å²) in [7, 11) is 3.63. The van der Waals surface area contributed by atoms with Crippen molar-refractivity contribution < 1.29 is 28.8 Å². The van der Waals surface area contributed by atoms with Crippen LogP contribution in [0.4, 0.5) is 0 Å². The van der Waals surface area contributed by atoms with E-state index in [1.165, 1.54) is 16.7 Å². The summed E-state index contributed by atoms with van der Waals surface area (Å²) in [4.78, 5) is 79.1. The average Bonchev–Trinajstić information content (AvgIpc) is 4.02. The van der Waals surface area contributed by atoms with E-state index in [0.29, 0.717) is 58.2 Å². The number of rotatable bonds is 23. The van der Waals surface area contributed by atoms with Crippen LogP contribution < -0.4 is 32.1 Å². The van der Waals surface area contributed by atoms with Crippen molar-refractivity contribution in [2.24, 2.45) is 0 Å². The van der Waals surface area contributed by atoms with Crippen molar-refractivity contribution in [1.29, 1.82) is 0 Å². The van der Waals surface area contributed by atoms with Gasteiger partial charge in [-0.05, 0) is 126 Å². The summed E-state index contributed by atoms with van der Waals surface area (Å²) in [5.41, 5.74) is 7.96. The molecule has 0 bridgehead atoms. The van der Waals surface area contributed by atoms with Crippen LogP contribution in [0.25, 0.3) is 0 Å². The first-order valence-electron chi connectivity index (χ1n) is 24.6. The van der Waals surface area contributed by atoms with Crippen LogP contribution in [-0.4, -0.2) is 109 Å². The van der Waals surface area contributed by atoms with E-state index in [1.54, 1.807) is 16.8 Å². The molecule has 0 unspecified atom stereocenters. The number of nitrogens with zero attached hydrogens (tertiary/aromatic N) is 2. The number of likely N-dealkylation sites (N-methyl/N-ethyl adjacent to an activating group) is 2. The third-order valence-electron chi connectivity index (χ3n) is 14.2. The fourth-order valence-electron chi connectivity index (χ4n) is 10.3. The summed E-state index contributed by atoms with van der Waals surface area (Å²) in [5, 5.41) is 15.9. The van der Waals surface area contributed by atoms with Gasteiger partial charge in [0.25, 0.3) is 0 Å². The molecule has 0 aromatic heterocycles. The number of hydrogen-bond donors (Lipinski definition) is 6. The minimum Gasteiger partial charge on any atom is -0.347 e. The maximum Gasteiger partial charge on any atom is 0.245 e. The lowest BCUT2D eigenvalue weighted by molar-refractivity contribution is -0.144. The van der Waals surface area contributed by atoms with Gasteiger partial charge in [0.2, 0.25) is 29.5 Å². The van der Waals surface area contributed by atoms with E-state index in [9.17, 15) is 24.0 Å². The van der Waals surface area contributed by atoms with E-state index in [2.05, 4.69) is 63.3 Å².